The average Bonchev–Trinajstić information content (AvgIpc) is 3.27. The molecule has 3 aromatic rings. The van der Waals surface area contributed by atoms with Crippen molar-refractivity contribution in [1.82, 2.24) is 15.0 Å². The molecule has 0 atom stereocenters. The first-order valence-corrected chi connectivity index (χ1v) is 9.07. The number of esters is 1. The number of benzene rings is 2. The summed E-state index contributed by atoms with van der Waals surface area (Å²) in [5.74, 6) is -0.766. The zero-order valence-electron chi connectivity index (χ0n) is 15.4. The molecule has 2 heterocycles. The van der Waals surface area contributed by atoms with Crippen molar-refractivity contribution in [1.29, 1.82) is 0 Å². The lowest BCUT2D eigenvalue weighted by molar-refractivity contribution is -0.384. The molecular weight excluding hydrogens is 378 g/mol. The third-order valence-electron chi connectivity index (χ3n) is 4.80. The van der Waals surface area contributed by atoms with Gasteiger partial charge in [-0.3, -0.25) is 14.9 Å². The van der Waals surface area contributed by atoms with Crippen LogP contribution in [0.5, 0.6) is 0 Å². The summed E-state index contributed by atoms with van der Waals surface area (Å²) in [5, 5.41) is 19.2. The molecule has 1 aromatic heterocycles. The topological polar surface area (TPSA) is 120 Å². The molecule has 0 spiro atoms. The van der Waals surface area contributed by atoms with Gasteiger partial charge in [0.15, 0.2) is 6.73 Å². The van der Waals surface area contributed by atoms with Gasteiger partial charge in [-0.25, -0.2) is 4.79 Å². The van der Waals surface area contributed by atoms with Gasteiger partial charge in [0.25, 0.3) is 11.2 Å². The number of nitro benzene ring substituents is 1. The predicted octanol–water partition coefficient (Wildman–Crippen LogP) is 2.11. The Balaban J connectivity index is 1.61. The largest absolute Gasteiger partial charge is 0.438 e. The normalized spacial score (nSPS) is 13.6. The second kappa shape index (κ2) is 7.66. The summed E-state index contributed by atoms with van der Waals surface area (Å²) in [6.07, 6.45) is 1.96. The van der Waals surface area contributed by atoms with Crippen molar-refractivity contribution in [2.75, 3.05) is 18.0 Å². The Morgan fingerprint density at radius 3 is 2.69 bits per heavy atom. The first-order valence-electron chi connectivity index (χ1n) is 9.07. The van der Waals surface area contributed by atoms with Crippen molar-refractivity contribution in [3.8, 4) is 0 Å². The Hall–Kier alpha value is -3.82. The first-order chi connectivity index (χ1) is 14.0. The third-order valence-corrected chi connectivity index (χ3v) is 4.80. The van der Waals surface area contributed by atoms with Crippen LogP contribution in [0.2, 0.25) is 0 Å². The molecule has 1 fully saturated rings. The van der Waals surface area contributed by atoms with Crippen LogP contribution in [-0.2, 0) is 11.5 Å². The number of aromatic nitrogens is 3. The summed E-state index contributed by atoms with van der Waals surface area (Å²) in [6.45, 7) is 1.07. The highest BCUT2D eigenvalue weighted by molar-refractivity contribution is 5.96. The van der Waals surface area contributed by atoms with E-state index in [9.17, 15) is 19.7 Å². The highest BCUT2D eigenvalue weighted by Crippen LogP contribution is 2.29. The van der Waals surface area contributed by atoms with Gasteiger partial charge < -0.3 is 9.64 Å². The van der Waals surface area contributed by atoms with Crippen LogP contribution in [0.4, 0.5) is 11.4 Å². The van der Waals surface area contributed by atoms with E-state index in [1.54, 1.807) is 30.3 Å². The summed E-state index contributed by atoms with van der Waals surface area (Å²) in [4.78, 5) is 37.7. The number of hydrogen-bond donors (Lipinski definition) is 0. The Labute approximate surface area is 164 Å². The minimum absolute atomic E-state index is 0.0860. The number of rotatable bonds is 5. The monoisotopic (exact) mass is 395 g/mol. The Morgan fingerprint density at radius 2 is 1.93 bits per heavy atom. The van der Waals surface area contributed by atoms with E-state index in [1.165, 1.54) is 12.1 Å². The van der Waals surface area contributed by atoms with E-state index in [-0.39, 0.29) is 11.3 Å². The fourth-order valence-electron chi connectivity index (χ4n) is 3.34. The van der Waals surface area contributed by atoms with E-state index in [0.29, 0.717) is 16.6 Å². The Kier molecular flexibility index (Phi) is 4.90. The van der Waals surface area contributed by atoms with Crippen LogP contribution in [0.15, 0.2) is 47.3 Å². The average molecular weight is 395 g/mol. The van der Waals surface area contributed by atoms with E-state index in [2.05, 4.69) is 10.3 Å². The molecule has 0 N–H and O–H groups in total. The number of non-ortho nitro benzene ring substituents is 1. The molecule has 148 valence electrons. The summed E-state index contributed by atoms with van der Waals surface area (Å²) in [5.41, 5.74) is 0.456. The van der Waals surface area contributed by atoms with Gasteiger partial charge in [-0.2, -0.15) is 4.68 Å². The molecule has 1 aliphatic rings. The molecule has 1 aliphatic heterocycles. The van der Waals surface area contributed by atoms with Gasteiger partial charge in [0.05, 0.1) is 21.6 Å². The maximum atomic E-state index is 12.7. The van der Waals surface area contributed by atoms with Crippen LogP contribution in [-0.4, -0.2) is 39.0 Å². The zero-order valence-corrected chi connectivity index (χ0v) is 15.4. The number of nitrogens with zero attached hydrogens (tertiary/aromatic N) is 5. The quantitative estimate of drug-likeness (QED) is 0.366. The van der Waals surface area contributed by atoms with E-state index in [4.69, 9.17) is 4.74 Å². The fraction of sp³-hybridized carbons (Fsp3) is 0.263. The number of ether oxygens (including phenoxy) is 1. The van der Waals surface area contributed by atoms with Crippen LogP contribution < -0.4 is 10.5 Å². The van der Waals surface area contributed by atoms with Crippen LogP contribution in [0, 0.1) is 10.1 Å². The number of anilines is 1. The Morgan fingerprint density at radius 1 is 1.17 bits per heavy atom. The van der Waals surface area contributed by atoms with Crippen molar-refractivity contribution in [3.05, 3.63) is 68.5 Å². The van der Waals surface area contributed by atoms with Crippen LogP contribution in [0.25, 0.3) is 10.9 Å². The molecule has 10 heteroatoms. The standard InChI is InChI=1S/C19H17N5O5/c25-18-14-5-1-2-6-16(14)20-21-23(18)12-29-19(26)15-11-13(24(27)28)7-8-17(15)22-9-3-4-10-22/h1-2,5-8,11H,3-4,9-10,12H2. The van der Waals surface area contributed by atoms with Crippen molar-refractivity contribution in [2.45, 2.75) is 19.6 Å². The lowest BCUT2D eigenvalue weighted by Gasteiger charge is -2.20. The molecule has 0 saturated carbocycles. The van der Waals surface area contributed by atoms with E-state index in [0.717, 1.165) is 30.6 Å². The molecule has 0 amide bonds. The van der Waals surface area contributed by atoms with E-state index < -0.39 is 23.2 Å². The van der Waals surface area contributed by atoms with Crippen LogP contribution in [0.3, 0.4) is 0 Å². The molecule has 4 rings (SSSR count). The van der Waals surface area contributed by atoms with Gasteiger partial charge in [0.1, 0.15) is 5.52 Å². The molecule has 10 nitrogen and oxygen atoms in total. The number of nitro groups is 1. The smallest absolute Gasteiger partial charge is 0.342 e. The van der Waals surface area contributed by atoms with Gasteiger partial charge in [0.2, 0.25) is 0 Å². The number of carbonyl (C=O) groups excluding carboxylic acids is 1. The highest BCUT2D eigenvalue weighted by Gasteiger charge is 2.23. The maximum absolute atomic E-state index is 12.7. The molecule has 29 heavy (non-hydrogen) atoms. The van der Waals surface area contributed by atoms with Gasteiger partial charge in [-0.15, -0.1) is 5.10 Å². The molecule has 0 bridgehead atoms. The molecule has 2 aromatic carbocycles. The molecule has 1 saturated heterocycles. The SMILES string of the molecule is O=C(OCn1nnc2ccccc2c1=O)c1cc([N+](=O)[O-])ccc1N1CCCC1. The lowest BCUT2D eigenvalue weighted by Crippen LogP contribution is -2.27. The van der Waals surface area contributed by atoms with Crippen molar-refractivity contribution >= 4 is 28.2 Å². The number of hydrogen-bond acceptors (Lipinski definition) is 8. The summed E-state index contributed by atoms with van der Waals surface area (Å²) < 4.78 is 6.19. The van der Waals surface area contributed by atoms with Crippen molar-refractivity contribution < 1.29 is 14.5 Å². The molecule has 0 unspecified atom stereocenters. The van der Waals surface area contributed by atoms with Crippen LogP contribution in [0.1, 0.15) is 23.2 Å². The summed E-state index contributed by atoms with van der Waals surface area (Å²) in [7, 11) is 0. The minimum Gasteiger partial charge on any atom is -0.438 e. The second-order valence-electron chi connectivity index (χ2n) is 6.62. The minimum atomic E-state index is -0.766. The zero-order chi connectivity index (χ0) is 20.4. The van der Waals surface area contributed by atoms with Gasteiger partial charge >= 0.3 is 5.97 Å². The van der Waals surface area contributed by atoms with Crippen LogP contribution >= 0.6 is 0 Å². The maximum Gasteiger partial charge on any atom is 0.342 e. The highest BCUT2D eigenvalue weighted by atomic mass is 16.6. The Bertz CT molecular complexity index is 1150. The fourth-order valence-corrected chi connectivity index (χ4v) is 3.34. The van der Waals surface area contributed by atoms with E-state index >= 15 is 0 Å². The van der Waals surface area contributed by atoms with Gasteiger partial charge in [0, 0.05) is 25.2 Å². The molecule has 0 aliphatic carbocycles. The molecule has 0 radical (unpaired) electrons. The third kappa shape index (κ3) is 3.64. The lowest BCUT2D eigenvalue weighted by atomic mass is 10.1. The van der Waals surface area contributed by atoms with Gasteiger partial charge in [-0.1, -0.05) is 17.3 Å². The second-order valence-corrected chi connectivity index (χ2v) is 6.62. The van der Waals surface area contributed by atoms with E-state index in [1.807, 2.05) is 4.90 Å². The summed E-state index contributed by atoms with van der Waals surface area (Å²) >= 11 is 0. The first kappa shape index (κ1) is 18.5. The van der Waals surface area contributed by atoms with Gasteiger partial charge in [-0.05, 0) is 31.0 Å². The number of fused-ring (bicyclic) bond motifs is 1. The predicted molar refractivity (Wildman–Crippen MR) is 104 cm³/mol. The number of carbonyl (C=O) groups is 1. The van der Waals surface area contributed by atoms with Crippen molar-refractivity contribution in [2.24, 2.45) is 0 Å². The summed E-state index contributed by atoms with van der Waals surface area (Å²) in [6, 6.07) is 10.8. The van der Waals surface area contributed by atoms with Crippen molar-refractivity contribution in [3.63, 3.8) is 0 Å². The molecular formula is C19H17N5O5.